The van der Waals surface area contributed by atoms with Crippen LogP contribution in [0.5, 0.6) is 0 Å². The maximum absolute atomic E-state index is 12.6. The highest BCUT2D eigenvalue weighted by Crippen LogP contribution is 2.15. The van der Waals surface area contributed by atoms with Crippen molar-refractivity contribution in [3.63, 3.8) is 0 Å². The standard InChI is InChI=1S/C24H31N3O2/c1-3-26(4-2)17-20-12-10-19(11-13-20)16-25-24(29)22-8-5-7-21(15-22)18-27-14-6-9-23(27)28/h5,7-8,10-13,15H,3-4,6,9,14,16-18H2,1-2H3,(H,25,29)/p+1. The van der Waals surface area contributed by atoms with E-state index in [4.69, 9.17) is 0 Å². The van der Waals surface area contributed by atoms with Crippen LogP contribution in [0.1, 0.15) is 53.7 Å². The van der Waals surface area contributed by atoms with Crippen LogP contribution in [0.2, 0.25) is 0 Å². The van der Waals surface area contributed by atoms with Gasteiger partial charge in [-0.3, -0.25) is 9.59 Å². The van der Waals surface area contributed by atoms with E-state index < -0.39 is 0 Å². The van der Waals surface area contributed by atoms with E-state index in [1.165, 1.54) is 5.56 Å². The number of amides is 2. The van der Waals surface area contributed by atoms with Crippen LogP contribution in [-0.4, -0.2) is 36.3 Å². The number of nitrogens with one attached hydrogen (secondary N) is 2. The zero-order valence-corrected chi connectivity index (χ0v) is 17.5. The van der Waals surface area contributed by atoms with Gasteiger partial charge in [-0.25, -0.2) is 0 Å². The molecule has 2 aromatic carbocycles. The van der Waals surface area contributed by atoms with Gasteiger partial charge in [0.25, 0.3) is 5.91 Å². The molecule has 2 aromatic rings. The van der Waals surface area contributed by atoms with Crippen LogP contribution in [0.3, 0.4) is 0 Å². The summed E-state index contributed by atoms with van der Waals surface area (Å²) in [6.07, 6.45) is 1.56. The van der Waals surface area contributed by atoms with Gasteiger partial charge in [0.05, 0.1) is 13.1 Å². The van der Waals surface area contributed by atoms with Crippen LogP contribution in [-0.2, 0) is 24.4 Å². The first-order valence-corrected chi connectivity index (χ1v) is 10.6. The van der Waals surface area contributed by atoms with E-state index in [0.717, 1.165) is 43.7 Å². The molecule has 5 heteroatoms. The Morgan fingerprint density at radius 2 is 1.76 bits per heavy atom. The summed E-state index contributed by atoms with van der Waals surface area (Å²) in [5, 5.41) is 3.00. The zero-order chi connectivity index (χ0) is 20.6. The van der Waals surface area contributed by atoms with Gasteiger partial charge in [-0.15, -0.1) is 0 Å². The first-order valence-electron chi connectivity index (χ1n) is 10.6. The molecule has 0 spiro atoms. The summed E-state index contributed by atoms with van der Waals surface area (Å²) < 4.78 is 0. The van der Waals surface area contributed by atoms with Crippen molar-refractivity contribution in [3.05, 3.63) is 70.8 Å². The molecule has 0 unspecified atom stereocenters. The molecule has 1 saturated heterocycles. The smallest absolute Gasteiger partial charge is 0.251 e. The number of hydrogen-bond donors (Lipinski definition) is 2. The highest BCUT2D eigenvalue weighted by atomic mass is 16.2. The van der Waals surface area contributed by atoms with Gasteiger partial charge in [0.1, 0.15) is 6.54 Å². The maximum Gasteiger partial charge on any atom is 0.251 e. The van der Waals surface area contributed by atoms with Crippen molar-refractivity contribution >= 4 is 11.8 Å². The Morgan fingerprint density at radius 1 is 1.03 bits per heavy atom. The fraction of sp³-hybridized carbons (Fsp3) is 0.417. The van der Waals surface area contributed by atoms with Crippen molar-refractivity contribution < 1.29 is 14.5 Å². The molecule has 5 nitrogen and oxygen atoms in total. The molecule has 0 bridgehead atoms. The Morgan fingerprint density at radius 3 is 2.41 bits per heavy atom. The molecule has 29 heavy (non-hydrogen) atoms. The molecule has 0 aliphatic carbocycles. The lowest BCUT2D eigenvalue weighted by atomic mass is 10.1. The van der Waals surface area contributed by atoms with Crippen LogP contribution < -0.4 is 10.2 Å². The molecule has 2 amide bonds. The van der Waals surface area contributed by atoms with Crippen LogP contribution in [0.15, 0.2) is 48.5 Å². The van der Waals surface area contributed by atoms with Crippen LogP contribution >= 0.6 is 0 Å². The van der Waals surface area contributed by atoms with E-state index in [1.807, 2.05) is 29.2 Å². The molecule has 2 N–H and O–H groups in total. The molecule has 1 aliphatic heterocycles. The average molecular weight is 395 g/mol. The lowest BCUT2D eigenvalue weighted by Crippen LogP contribution is -3.10. The summed E-state index contributed by atoms with van der Waals surface area (Å²) in [6, 6.07) is 16.1. The molecule has 1 heterocycles. The monoisotopic (exact) mass is 394 g/mol. The van der Waals surface area contributed by atoms with Gasteiger partial charge in [0.15, 0.2) is 0 Å². The number of likely N-dealkylation sites (tertiary alicyclic amines) is 1. The molecule has 0 radical (unpaired) electrons. The average Bonchev–Trinajstić information content (AvgIpc) is 3.15. The molecule has 3 rings (SSSR count). The first kappa shape index (κ1) is 21.1. The second-order valence-corrected chi connectivity index (χ2v) is 7.75. The van der Waals surface area contributed by atoms with E-state index in [9.17, 15) is 9.59 Å². The van der Waals surface area contributed by atoms with Gasteiger partial charge in [-0.2, -0.15) is 0 Å². The molecule has 0 atom stereocenters. The minimum absolute atomic E-state index is 0.0868. The Balaban J connectivity index is 1.54. The van der Waals surface area contributed by atoms with E-state index in [-0.39, 0.29) is 11.8 Å². The number of carbonyl (C=O) groups is 2. The number of quaternary nitrogens is 1. The Labute approximate surface area is 173 Å². The Bertz CT molecular complexity index is 828. The number of benzene rings is 2. The van der Waals surface area contributed by atoms with E-state index in [2.05, 4.69) is 43.4 Å². The molecule has 1 aliphatic rings. The number of carbonyl (C=O) groups excluding carboxylic acids is 2. The molecule has 1 fully saturated rings. The third kappa shape index (κ3) is 5.91. The second-order valence-electron chi connectivity index (χ2n) is 7.75. The molecule has 0 saturated carbocycles. The topological polar surface area (TPSA) is 53.9 Å². The first-order chi connectivity index (χ1) is 14.1. The number of hydrogen-bond acceptors (Lipinski definition) is 2. The number of rotatable bonds is 9. The van der Waals surface area contributed by atoms with Crippen molar-refractivity contribution in [2.75, 3.05) is 19.6 Å². The van der Waals surface area contributed by atoms with Gasteiger partial charge in [0.2, 0.25) is 5.91 Å². The van der Waals surface area contributed by atoms with Gasteiger partial charge in [-0.05, 0) is 43.5 Å². The largest absolute Gasteiger partial charge is 0.348 e. The molecule has 154 valence electrons. The Kier molecular flexibility index (Phi) is 7.42. The minimum atomic E-state index is -0.0868. The van der Waals surface area contributed by atoms with Crippen LogP contribution in [0.25, 0.3) is 0 Å². The lowest BCUT2D eigenvalue weighted by Gasteiger charge is -2.16. The Hall–Kier alpha value is -2.66. The summed E-state index contributed by atoms with van der Waals surface area (Å²) in [7, 11) is 0. The van der Waals surface area contributed by atoms with Crippen molar-refractivity contribution in [1.29, 1.82) is 0 Å². The second kappa shape index (κ2) is 10.2. The minimum Gasteiger partial charge on any atom is -0.348 e. The highest BCUT2D eigenvalue weighted by molar-refractivity contribution is 5.94. The zero-order valence-electron chi connectivity index (χ0n) is 17.5. The summed E-state index contributed by atoms with van der Waals surface area (Å²) >= 11 is 0. The normalized spacial score (nSPS) is 13.9. The van der Waals surface area contributed by atoms with Gasteiger partial charge < -0.3 is 15.1 Å². The molecular weight excluding hydrogens is 362 g/mol. The predicted octanol–water partition coefficient (Wildman–Crippen LogP) is 2.16. The predicted molar refractivity (Wildman–Crippen MR) is 114 cm³/mol. The van der Waals surface area contributed by atoms with Crippen molar-refractivity contribution in [1.82, 2.24) is 10.2 Å². The van der Waals surface area contributed by atoms with Gasteiger partial charge in [0, 0.05) is 37.2 Å². The lowest BCUT2D eigenvalue weighted by molar-refractivity contribution is -0.910. The van der Waals surface area contributed by atoms with Crippen LogP contribution in [0, 0.1) is 0 Å². The van der Waals surface area contributed by atoms with E-state index in [0.29, 0.717) is 25.1 Å². The fourth-order valence-electron chi connectivity index (χ4n) is 3.75. The van der Waals surface area contributed by atoms with Gasteiger partial charge in [-0.1, -0.05) is 36.4 Å². The summed E-state index contributed by atoms with van der Waals surface area (Å²) in [5.74, 6) is 0.113. The summed E-state index contributed by atoms with van der Waals surface area (Å²) in [6.45, 7) is 9.59. The molecular formula is C24H32N3O2+. The van der Waals surface area contributed by atoms with Gasteiger partial charge >= 0.3 is 0 Å². The third-order valence-electron chi connectivity index (χ3n) is 5.66. The quantitative estimate of drug-likeness (QED) is 0.685. The maximum atomic E-state index is 12.6. The van der Waals surface area contributed by atoms with Crippen LogP contribution in [0.4, 0.5) is 0 Å². The molecule has 0 aromatic heterocycles. The van der Waals surface area contributed by atoms with E-state index >= 15 is 0 Å². The fourth-order valence-corrected chi connectivity index (χ4v) is 3.75. The SMILES string of the molecule is CC[NH+](CC)Cc1ccc(CNC(=O)c2cccc(CN3CCCC3=O)c2)cc1. The summed E-state index contributed by atoms with van der Waals surface area (Å²) in [5.41, 5.74) is 4.05. The van der Waals surface area contributed by atoms with Crippen molar-refractivity contribution in [2.24, 2.45) is 0 Å². The number of nitrogens with zero attached hydrogens (tertiary/aromatic N) is 1. The summed E-state index contributed by atoms with van der Waals surface area (Å²) in [4.78, 5) is 27.8. The third-order valence-corrected chi connectivity index (χ3v) is 5.66. The van der Waals surface area contributed by atoms with Crippen molar-refractivity contribution in [2.45, 2.75) is 46.3 Å². The highest BCUT2D eigenvalue weighted by Gasteiger charge is 2.20. The van der Waals surface area contributed by atoms with E-state index in [1.54, 1.807) is 4.90 Å². The van der Waals surface area contributed by atoms with Crippen molar-refractivity contribution in [3.8, 4) is 0 Å².